The predicted octanol–water partition coefficient (Wildman–Crippen LogP) is 4.70. The fourth-order valence-electron chi connectivity index (χ4n) is 2.65. The van der Waals surface area contributed by atoms with Crippen molar-refractivity contribution >= 4 is 21.6 Å². The Morgan fingerprint density at radius 3 is 2.70 bits per heavy atom. The Morgan fingerprint density at radius 2 is 2.00 bits per heavy atom. The molecule has 1 unspecified atom stereocenters. The average Bonchev–Trinajstić information content (AvgIpc) is 2.46. The summed E-state index contributed by atoms with van der Waals surface area (Å²) in [5.74, 6) is 0.632. The van der Waals surface area contributed by atoms with Crippen molar-refractivity contribution in [3.8, 4) is 5.75 Å². The van der Waals surface area contributed by atoms with E-state index in [0.717, 1.165) is 34.3 Å². The number of anilines is 1. The number of hydrogen-bond acceptors (Lipinski definition) is 2. The van der Waals surface area contributed by atoms with Crippen LogP contribution in [0, 0.1) is 5.82 Å². The van der Waals surface area contributed by atoms with Crippen LogP contribution in [0.3, 0.4) is 0 Å². The van der Waals surface area contributed by atoms with E-state index in [9.17, 15) is 4.39 Å². The molecule has 1 heterocycles. The molecule has 0 saturated heterocycles. The molecule has 2 aromatic carbocycles. The van der Waals surface area contributed by atoms with Gasteiger partial charge in [0.1, 0.15) is 11.6 Å². The first kappa shape index (κ1) is 13.4. The van der Waals surface area contributed by atoms with Crippen molar-refractivity contribution in [2.24, 2.45) is 0 Å². The lowest BCUT2D eigenvalue weighted by molar-refractivity contribution is 0.414. The molecule has 1 N–H and O–H groups in total. The van der Waals surface area contributed by atoms with Crippen LogP contribution in [-0.4, -0.2) is 7.11 Å². The summed E-state index contributed by atoms with van der Waals surface area (Å²) in [4.78, 5) is 0. The van der Waals surface area contributed by atoms with Crippen LogP contribution in [0.1, 0.15) is 23.6 Å². The minimum absolute atomic E-state index is 0.193. The first-order chi connectivity index (χ1) is 9.67. The van der Waals surface area contributed by atoms with Gasteiger partial charge in [-0.15, -0.1) is 0 Å². The number of methoxy groups -OCH3 is 1. The molecule has 104 valence electrons. The molecule has 0 saturated carbocycles. The van der Waals surface area contributed by atoms with Gasteiger partial charge < -0.3 is 10.1 Å². The standard InChI is InChI=1S/C16H15BrFNO/c1-20-15-9-12(17)8-11-4-7-14(19-16(11)15)10-2-5-13(18)6-3-10/h2-3,5-6,8-9,14,19H,4,7H2,1H3. The minimum Gasteiger partial charge on any atom is -0.495 e. The summed E-state index contributed by atoms with van der Waals surface area (Å²) in [5, 5.41) is 3.51. The van der Waals surface area contributed by atoms with Gasteiger partial charge in [-0.3, -0.25) is 0 Å². The highest BCUT2D eigenvalue weighted by atomic mass is 79.9. The molecule has 1 atom stereocenters. The molecule has 1 aliphatic heterocycles. The number of fused-ring (bicyclic) bond motifs is 1. The van der Waals surface area contributed by atoms with Crippen molar-refractivity contribution in [1.82, 2.24) is 0 Å². The number of halogens is 2. The van der Waals surface area contributed by atoms with E-state index < -0.39 is 0 Å². The summed E-state index contributed by atoms with van der Waals surface area (Å²) in [6.45, 7) is 0. The monoisotopic (exact) mass is 335 g/mol. The first-order valence-electron chi connectivity index (χ1n) is 6.56. The zero-order chi connectivity index (χ0) is 14.1. The van der Waals surface area contributed by atoms with Crippen molar-refractivity contribution in [3.05, 3.63) is 57.8 Å². The molecule has 2 nitrogen and oxygen atoms in total. The van der Waals surface area contributed by atoms with Crippen LogP contribution < -0.4 is 10.1 Å². The molecule has 4 heteroatoms. The second-order valence-electron chi connectivity index (χ2n) is 4.93. The van der Waals surface area contributed by atoms with Gasteiger partial charge in [-0.2, -0.15) is 0 Å². The third-order valence-electron chi connectivity index (χ3n) is 3.66. The smallest absolute Gasteiger partial charge is 0.143 e. The van der Waals surface area contributed by atoms with Gasteiger partial charge in [0, 0.05) is 4.47 Å². The van der Waals surface area contributed by atoms with Crippen LogP contribution in [0.15, 0.2) is 40.9 Å². The summed E-state index contributed by atoms with van der Waals surface area (Å²) in [6, 6.07) is 11.0. The summed E-state index contributed by atoms with van der Waals surface area (Å²) in [6.07, 6.45) is 1.96. The van der Waals surface area contributed by atoms with Gasteiger partial charge in [0.05, 0.1) is 18.8 Å². The second-order valence-corrected chi connectivity index (χ2v) is 5.84. The maximum atomic E-state index is 13.0. The molecule has 3 rings (SSSR count). The highest BCUT2D eigenvalue weighted by Crippen LogP contribution is 2.40. The topological polar surface area (TPSA) is 21.3 Å². The van der Waals surface area contributed by atoms with Gasteiger partial charge in [-0.25, -0.2) is 4.39 Å². The molecule has 0 spiro atoms. The molecule has 0 fully saturated rings. The normalized spacial score (nSPS) is 17.2. The molecule has 20 heavy (non-hydrogen) atoms. The Morgan fingerprint density at radius 1 is 1.25 bits per heavy atom. The number of ether oxygens (including phenoxy) is 1. The number of aryl methyl sites for hydroxylation is 1. The lowest BCUT2D eigenvalue weighted by Crippen LogP contribution is -2.18. The minimum atomic E-state index is -0.202. The van der Waals surface area contributed by atoms with E-state index in [0.29, 0.717) is 0 Å². The maximum absolute atomic E-state index is 13.0. The lowest BCUT2D eigenvalue weighted by Gasteiger charge is -2.29. The van der Waals surface area contributed by atoms with Gasteiger partial charge in [0.2, 0.25) is 0 Å². The average molecular weight is 336 g/mol. The number of hydrogen-bond donors (Lipinski definition) is 1. The van der Waals surface area contributed by atoms with Crippen molar-refractivity contribution in [1.29, 1.82) is 0 Å². The number of benzene rings is 2. The maximum Gasteiger partial charge on any atom is 0.143 e. The summed E-state index contributed by atoms with van der Waals surface area (Å²) >= 11 is 3.50. The summed E-state index contributed by atoms with van der Waals surface area (Å²) in [7, 11) is 1.67. The highest BCUT2D eigenvalue weighted by Gasteiger charge is 2.22. The van der Waals surface area contributed by atoms with E-state index in [1.807, 2.05) is 18.2 Å². The van der Waals surface area contributed by atoms with Gasteiger partial charge in [0.25, 0.3) is 0 Å². The predicted molar refractivity (Wildman–Crippen MR) is 81.8 cm³/mol. The summed E-state index contributed by atoms with van der Waals surface area (Å²) < 4.78 is 19.5. The Labute approximate surface area is 126 Å². The molecule has 0 aromatic heterocycles. The molecular weight excluding hydrogens is 321 g/mol. The quantitative estimate of drug-likeness (QED) is 0.859. The van der Waals surface area contributed by atoms with Crippen LogP contribution in [0.4, 0.5) is 10.1 Å². The molecular formula is C16H15BrFNO. The van der Waals surface area contributed by atoms with Crippen LogP contribution in [0.5, 0.6) is 5.75 Å². The van der Waals surface area contributed by atoms with E-state index in [4.69, 9.17) is 4.74 Å². The Kier molecular flexibility index (Phi) is 3.66. The van der Waals surface area contributed by atoms with Crippen molar-refractivity contribution in [2.45, 2.75) is 18.9 Å². The van der Waals surface area contributed by atoms with E-state index in [2.05, 4.69) is 27.3 Å². The van der Waals surface area contributed by atoms with Crippen molar-refractivity contribution < 1.29 is 9.13 Å². The zero-order valence-electron chi connectivity index (χ0n) is 11.1. The van der Waals surface area contributed by atoms with Crippen molar-refractivity contribution in [3.63, 3.8) is 0 Å². The molecule has 0 amide bonds. The Balaban J connectivity index is 1.93. The lowest BCUT2D eigenvalue weighted by atomic mass is 9.93. The fraction of sp³-hybridized carbons (Fsp3) is 0.250. The van der Waals surface area contributed by atoms with Crippen LogP contribution in [0.25, 0.3) is 0 Å². The Bertz CT molecular complexity index is 610. The van der Waals surface area contributed by atoms with Crippen LogP contribution in [-0.2, 0) is 6.42 Å². The third kappa shape index (κ3) is 2.52. The van der Waals surface area contributed by atoms with E-state index in [1.54, 1.807) is 7.11 Å². The van der Waals surface area contributed by atoms with Gasteiger partial charge >= 0.3 is 0 Å². The first-order valence-corrected chi connectivity index (χ1v) is 7.35. The van der Waals surface area contributed by atoms with Gasteiger partial charge in [0.15, 0.2) is 0 Å². The number of nitrogens with one attached hydrogen (secondary N) is 1. The Hall–Kier alpha value is -1.55. The van der Waals surface area contributed by atoms with E-state index >= 15 is 0 Å². The zero-order valence-corrected chi connectivity index (χ0v) is 12.7. The highest BCUT2D eigenvalue weighted by molar-refractivity contribution is 9.10. The van der Waals surface area contributed by atoms with E-state index in [-0.39, 0.29) is 11.9 Å². The van der Waals surface area contributed by atoms with Gasteiger partial charge in [-0.1, -0.05) is 28.1 Å². The largest absolute Gasteiger partial charge is 0.495 e. The van der Waals surface area contributed by atoms with Crippen LogP contribution >= 0.6 is 15.9 Å². The SMILES string of the molecule is COc1cc(Br)cc2c1NC(c1ccc(F)cc1)CC2. The van der Waals surface area contributed by atoms with E-state index in [1.165, 1.54) is 17.7 Å². The molecule has 2 aromatic rings. The van der Waals surface area contributed by atoms with Crippen LogP contribution in [0.2, 0.25) is 0 Å². The molecule has 0 aliphatic carbocycles. The third-order valence-corrected chi connectivity index (χ3v) is 4.12. The molecule has 1 aliphatic rings. The van der Waals surface area contributed by atoms with Crippen molar-refractivity contribution in [2.75, 3.05) is 12.4 Å². The summed E-state index contributed by atoms with van der Waals surface area (Å²) in [5.41, 5.74) is 3.38. The fourth-order valence-corrected chi connectivity index (χ4v) is 3.13. The second kappa shape index (κ2) is 5.44. The molecule has 0 radical (unpaired) electrons. The van der Waals surface area contributed by atoms with Gasteiger partial charge in [-0.05, 0) is 48.2 Å². The molecule has 0 bridgehead atoms. The number of rotatable bonds is 2.